The van der Waals surface area contributed by atoms with Crippen molar-refractivity contribution in [3.63, 3.8) is 0 Å². The van der Waals surface area contributed by atoms with E-state index in [0.717, 1.165) is 31.9 Å². The summed E-state index contributed by atoms with van der Waals surface area (Å²) >= 11 is 6.07. The molecule has 0 spiro atoms. The molecule has 0 radical (unpaired) electrons. The monoisotopic (exact) mass is 441 g/mol. The van der Waals surface area contributed by atoms with Gasteiger partial charge in [0.1, 0.15) is 0 Å². The molecule has 1 fully saturated rings. The van der Waals surface area contributed by atoms with Gasteiger partial charge in [-0.15, -0.1) is 0 Å². The molecule has 0 saturated carbocycles. The van der Waals surface area contributed by atoms with Crippen LogP contribution in [0.2, 0.25) is 5.02 Å². The minimum Gasteiger partial charge on any atom is -0.355 e. The second-order valence-corrected chi connectivity index (χ2v) is 8.31. The van der Waals surface area contributed by atoms with Gasteiger partial charge in [0.05, 0.1) is 10.6 Å². The van der Waals surface area contributed by atoms with Crippen LogP contribution in [0.4, 0.5) is 0 Å². The van der Waals surface area contributed by atoms with Crippen molar-refractivity contribution in [2.75, 3.05) is 26.7 Å². The molecule has 1 heterocycles. The van der Waals surface area contributed by atoms with E-state index < -0.39 is 0 Å². The lowest BCUT2D eigenvalue weighted by Crippen LogP contribution is -2.52. The summed E-state index contributed by atoms with van der Waals surface area (Å²) in [6.45, 7) is 5.40. The fraction of sp³-hybridized carbons (Fsp3) is 0.417. The molecular formula is C24H32ClN5O. The lowest BCUT2D eigenvalue weighted by atomic mass is 9.97. The zero-order valence-corrected chi connectivity index (χ0v) is 19.0. The quantitative estimate of drug-likeness (QED) is 0.350. The van der Waals surface area contributed by atoms with Crippen molar-refractivity contribution in [3.8, 4) is 0 Å². The van der Waals surface area contributed by atoms with Crippen LogP contribution in [0.1, 0.15) is 35.7 Å². The summed E-state index contributed by atoms with van der Waals surface area (Å²) in [5, 5.41) is 10.1. The molecule has 7 heteroatoms. The zero-order chi connectivity index (χ0) is 22.1. The average Bonchev–Trinajstić information content (AvgIpc) is 2.78. The highest BCUT2D eigenvalue weighted by atomic mass is 35.5. The number of halogens is 1. The maximum absolute atomic E-state index is 12.2. The molecule has 1 amide bonds. The lowest BCUT2D eigenvalue weighted by molar-refractivity contribution is 0.0954. The van der Waals surface area contributed by atoms with Gasteiger partial charge in [-0.25, -0.2) is 0 Å². The van der Waals surface area contributed by atoms with Gasteiger partial charge in [0.2, 0.25) is 0 Å². The number of hydrogen-bond acceptors (Lipinski definition) is 3. The molecule has 2 aromatic rings. The Bertz CT molecular complexity index is 873. The number of carbonyl (C=O) groups excluding carboxylic acids is 1. The van der Waals surface area contributed by atoms with Crippen LogP contribution in [0.25, 0.3) is 0 Å². The first-order chi connectivity index (χ1) is 15.1. The number of guanidine groups is 1. The largest absolute Gasteiger partial charge is 0.355 e. The highest BCUT2D eigenvalue weighted by Gasteiger charge is 2.25. The minimum atomic E-state index is -0.171. The van der Waals surface area contributed by atoms with Gasteiger partial charge in [-0.2, -0.15) is 0 Å². The molecule has 2 atom stereocenters. The second kappa shape index (κ2) is 11.7. The second-order valence-electron chi connectivity index (χ2n) is 7.91. The predicted molar refractivity (Wildman–Crippen MR) is 128 cm³/mol. The number of carbonyl (C=O) groups is 1. The number of nitrogens with one attached hydrogen (secondary N) is 3. The maximum atomic E-state index is 12.2. The molecule has 0 aliphatic carbocycles. The molecule has 166 valence electrons. The van der Waals surface area contributed by atoms with Crippen LogP contribution >= 0.6 is 11.6 Å². The van der Waals surface area contributed by atoms with Crippen molar-refractivity contribution in [1.29, 1.82) is 0 Å². The Labute approximate surface area is 190 Å². The van der Waals surface area contributed by atoms with Crippen molar-refractivity contribution < 1.29 is 4.79 Å². The molecule has 1 saturated heterocycles. The van der Waals surface area contributed by atoms with Gasteiger partial charge in [0.25, 0.3) is 5.91 Å². The molecule has 2 unspecified atom stereocenters. The van der Waals surface area contributed by atoms with E-state index in [4.69, 9.17) is 11.6 Å². The Hall–Kier alpha value is -2.57. The summed E-state index contributed by atoms with van der Waals surface area (Å²) in [5.74, 6) is 0.593. The van der Waals surface area contributed by atoms with Crippen LogP contribution in [0, 0.1) is 0 Å². The van der Waals surface area contributed by atoms with Crippen LogP contribution in [-0.2, 0) is 6.54 Å². The number of hydrogen-bond donors (Lipinski definition) is 3. The molecule has 6 nitrogen and oxygen atoms in total. The maximum Gasteiger partial charge on any atom is 0.252 e. The van der Waals surface area contributed by atoms with Gasteiger partial charge in [0.15, 0.2) is 5.96 Å². The van der Waals surface area contributed by atoms with Gasteiger partial charge in [-0.05, 0) is 37.5 Å². The first-order valence-electron chi connectivity index (χ1n) is 10.8. The van der Waals surface area contributed by atoms with Crippen LogP contribution < -0.4 is 16.0 Å². The standard InChI is InChI=1S/C24H32ClN5O/c1-18-16-20(12-15-30(18)17-19-8-4-3-5-9-19)29-24(26-2)28-14-13-27-23(31)21-10-6-7-11-22(21)25/h3-11,18,20H,12-17H2,1-2H3,(H,27,31)(H2,26,28,29). The van der Waals surface area contributed by atoms with Crippen molar-refractivity contribution in [1.82, 2.24) is 20.9 Å². The summed E-state index contributed by atoms with van der Waals surface area (Å²) in [7, 11) is 1.77. The highest BCUT2D eigenvalue weighted by molar-refractivity contribution is 6.33. The number of benzene rings is 2. The van der Waals surface area contributed by atoms with E-state index in [1.807, 2.05) is 6.07 Å². The summed E-state index contributed by atoms with van der Waals surface area (Å²) in [4.78, 5) is 19.1. The smallest absolute Gasteiger partial charge is 0.252 e. The number of piperidine rings is 1. The van der Waals surface area contributed by atoms with E-state index in [1.54, 1.807) is 25.2 Å². The van der Waals surface area contributed by atoms with Gasteiger partial charge < -0.3 is 16.0 Å². The summed E-state index contributed by atoms with van der Waals surface area (Å²) in [6, 6.07) is 18.6. The van der Waals surface area contributed by atoms with Crippen LogP contribution in [0.5, 0.6) is 0 Å². The molecular weight excluding hydrogens is 410 g/mol. The third kappa shape index (κ3) is 6.97. The van der Waals surface area contributed by atoms with Crippen LogP contribution in [0.3, 0.4) is 0 Å². The van der Waals surface area contributed by atoms with Crippen molar-refractivity contribution in [2.24, 2.45) is 4.99 Å². The Morgan fingerprint density at radius 3 is 2.52 bits per heavy atom. The summed E-state index contributed by atoms with van der Waals surface area (Å²) in [6.07, 6.45) is 2.14. The SMILES string of the molecule is CN=C(NCCNC(=O)c1ccccc1Cl)NC1CCN(Cc2ccccc2)C(C)C1. The first-order valence-corrected chi connectivity index (χ1v) is 11.2. The van der Waals surface area contributed by atoms with Crippen LogP contribution in [-0.4, -0.2) is 55.5 Å². The van der Waals surface area contributed by atoms with Gasteiger partial charge >= 0.3 is 0 Å². The minimum absolute atomic E-state index is 0.171. The zero-order valence-electron chi connectivity index (χ0n) is 18.3. The Kier molecular flexibility index (Phi) is 8.74. The van der Waals surface area contributed by atoms with E-state index >= 15 is 0 Å². The fourth-order valence-corrected chi connectivity index (χ4v) is 4.11. The molecule has 3 N–H and O–H groups in total. The number of rotatable bonds is 7. The van der Waals surface area contributed by atoms with E-state index in [1.165, 1.54) is 5.56 Å². The third-order valence-corrected chi connectivity index (χ3v) is 5.96. The third-order valence-electron chi connectivity index (χ3n) is 5.63. The molecule has 2 aromatic carbocycles. The predicted octanol–water partition coefficient (Wildman–Crippen LogP) is 3.29. The van der Waals surface area contributed by atoms with E-state index in [9.17, 15) is 4.79 Å². The van der Waals surface area contributed by atoms with Gasteiger partial charge in [-0.3, -0.25) is 14.7 Å². The van der Waals surface area contributed by atoms with Crippen molar-refractivity contribution in [2.45, 2.75) is 38.4 Å². The molecule has 1 aliphatic rings. The molecule has 3 rings (SSSR count). The summed E-state index contributed by atoms with van der Waals surface area (Å²) < 4.78 is 0. The highest BCUT2D eigenvalue weighted by Crippen LogP contribution is 2.20. The topological polar surface area (TPSA) is 68.8 Å². The Morgan fingerprint density at radius 2 is 1.81 bits per heavy atom. The van der Waals surface area contributed by atoms with E-state index in [-0.39, 0.29) is 5.91 Å². The molecule has 0 aromatic heterocycles. The van der Waals surface area contributed by atoms with E-state index in [2.05, 4.69) is 63.1 Å². The first kappa shape index (κ1) is 23.1. The van der Waals surface area contributed by atoms with Gasteiger partial charge in [0, 0.05) is 45.3 Å². The summed E-state index contributed by atoms with van der Waals surface area (Å²) in [5.41, 5.74) is 1.85. The normalized spacial score (nSPS) is 19.6. The number of aliphatic imine (C=N–C) groups is 1. The molecule has 31 heavy (non-hydrogen) atoms. The molecule has 0 bridgehead atoms. The Morgan fingerprint density at radius 1 is 1.10 bits per heavy atom. The van der Waals surface area contributed by atoms with Gasteiger partial charge in [-0.1, -0.05) is 54.1 Å². The fourth-order valence-electron chi connectivity index (χ4n) is 3.89. The van der Waals surface area contributed by atoms with Crippen molar-refractivity contribution in [3.05, 3.63) is 70.7 Å². The van der Waals surface area contributed by atoms with E-state index in [0.29, 0.717) is 35.8 Å². The van der Waals surface area contributed by atoms with Crippen LogP contribution in [0.15, 0.2) is 59.6 Å². The number of likely N-dealkylation sites (tertiary alicyclic amines) is 1. The Balaban J connectivity index is 1.38. The number of amides is 1. The number of nitrogens with zero attached hydrogens (tertiary/aromatic N) is 2. The average molecular weight is 442 g/mol. The molecule has 1 aliphatic heterocycles. The van der Waals surface area contributed by atoms with Crippen molar-refractivity contribution >= 4 is 23.5 Å². The lowest BCUT2D eigenvalue weighted by Gasteiger charge is -2.38.